The number of nitrogens with zero attached hydrogens (tertiary/aromatic N) is 4. The van der Waals surface area contributed by atoms with Crippen LogP contribution in [-0.2, 0) is 0 Å². The van der Waals surface area contributed by atoms with Gasteiger partial charge in [-0.05, 0) is 18.2 Å². The van der Waals surface area contributed by atoms with Crippen molar-refractivity contribution in [3.05, 3.63) is 36.3 Å². The molecular formula is C12H12N4O2S. The Morgan fingerprint density at radius 1 is 1.26 bits per heavy atom. The molecule has 19 heavy (non-hydrogen) atoms. The Hall–Kier alpha value is -2.15. The quantitative estimate of drug-likeness (QED) is 0.853. The highest BCUT2D eigenvalue weighted by Crippen LogP contribution is 2.26. The summed E-state index contributed by atoms with van der Waals surface area (Å²) in [6, 6.07) is 5.04. The lowest BCUT2D eigenvalue weighted by Crippen LogP contribution is -2.12. The highest BCUT2D eigenvalue weighted by molar-refractivity contribution is 7.99. The Morgan fingerprint density at radius 2 is 2.00 bits per heavy atom. The van der Waals surface area contributed by atoms with E-state index < -0.39 is 5.97 Å². The van der Waals surface area contributed by atoms with Gasteiger partial charge in [-0.2, -0.15) is 0 Å². The van der Waals surface area contributed by atoms with Gasteiger partial charge in [-0.1, -0.05) is 11.8 Å². The van der Waals surface area contributed by atoms with Gasteiger partial charge in [0.25, 0.3) is 0 Å². The number of carboxylic acid groups (broad SMARTS) is 1. The molecule has 2 heterocycles. The first-order valence-electron chi connectivity index (χ1n) is 5.44. The van der Waals surface area contributed by atoms with Gasteiger partial charge in [0.1, 0.15) is 10.7 Å². The van der Waals surface area contributed by atoms with Crippen LogP contribution in [0.1, 0.15) is 10.5 Å². The highest BCUT2D eigenvalue weighted by atomic mass is 32.2. The van der Waals surface area contributed by atoms with Crippen LogP contribution < -0.4 is 4.90 Å². The first kappa shape index (κ1) is 13.3. The monoisotopic (exact) mass is 276 g/mol. The van der Waals surface area contributed by atoms with Gasteiger partial charge in [0.2, 0.25) is 5.95 Å². The minimum atomic E-state index is -1.04. The summed E-state index contributed by atoms with van der Waals surface area (Å²) in [7, 11) is 3.72. The van der Waals surface area contributed by atoms with Crippen molar-refractivity contribution in [3.63, 3.8) is 0 Å². The molecular weight excluding hydrogens is 264 g/mol. The van der Waals surface area contributed by atoms with E-state index in [0.29, 0.717) is 5.95 Å². The molecule has 2 aromatic heterocycles. The first-order chi connectivity index (χ1) is 9.06. The summed E-state index contributed by atoms with van der Waals surface area (Å²) < 4.78 is 0. The van der Waals surface area contributed by atoms with Crippen molar-refractivity contribution in [2.75, 3.05) is 19.0 Å². The van der Waals surface area contributed by atoms with Crippen LogP contribution in [0.25, 0.3) is 0 Å². The number of carbonyl (C=O) groups is 1. The molecule has 2 rings (SSSR count). The molecule has 0 saturated carbocycles. The predicted molar refractivity (Wildman–Crippen MR) is 71.7 cm³/mol. The van der Waals surface area contributed by atoms with Crippen LogP contribution in [0.2, 0.25) is 0 Å². The van der Waals surface area contributed by atoms with Crippen molar-refractivity contribution in [1.82, 2.24) is 15.0 Å². The summed E-state index contributed by atoms with van der Waals surface area (Å²) >= 11 is 1.37. The fourth-order valence-corrected chi connectivity index (χ4v) is 2.11. The molecule has 0 bridgehead atoms. The Kier molecular flexibility index (Phi) is 3.96. The average molecular weight is 276 g/mol. The lowest BCUT2D eigenvalue weighted by Gasteiger charge is -2.10. The summed E-state index contributed by atoms with van der Waals surface area (Å²) in [5.74, 6) is -0.434. The molecule has 0 aromatic carbocycles. The molecule has 98 valence electrons. The van der Waals surface area contributed by atoms with Crippen LogP contribution >= 0.6 is 11.8 Å². The molecule has 0 amide bonds. The van der Waals surface area contributed by atoms with Crippen LogP contribution in [-0.4, -0.2) is 40.1 Å². The fraction of sp³-hybridized carbons (Fsp3) is 0.167. The molecule has 0 spiro atoms. The number of anilines is 1. The van der Waals surface area contributed by atoms with Crippen molar-refractivity contribution >= 4 is 23.7 Å². The second-order valence-electron chi connectivity index (χ2n) is 3.87. The molecule has 0 radical (unpaired) electrons. The molecule has 0 aliphatic carbocycles. The van der Waals surface area contributed by atoms with Crippen molar-refractivity contribution in [2.45, 2.75) is 9.92 Å². The Morgan fingerprint density at radius 3 is 2.68 bits per heavy atom. The summed E-state index contributed by atoms with van der Waals surface area (Å²) in [6.45, 7) is 0. The third kappa shape index (κ3) is 3.41. The molecule has 0 aliphatic heterocycles. The minimum absolute atomic E-state index is 0.0203. The molecule has 6 nitrogen and oxygen atoms in total. The van der Waals surface area contributed by atoms with Gasteiger partial charge in [0.15, 0.2) is 0 Å². The third-order valence-corrected chi connectivity index (χ3v) is 3.12. The molecule has 0 aliphatic rings. The largest absolute Gasteiger partial charge is 0.477 e. The zero-order chi connectivity index (χ0) is 13.8. The smallest absolute Gasteiger partial charge is 0.354 e. The molecule has 1 N–H and O–H groups in total. The average Bonchev–Trinajstić information content (AvgIpc) is 2.39. The van der Waals surface area contributed by atoms with Crippen LogP contribution in [0.15, 0.2) is 40.5 Å². The SMILES string of the molecule is CN(C)c1nccc(Sc2ccnc(C(=O)O)c2)n1. The standard InChI is InChI=1S/C12H12N4O2S/c1-16(2)12-14-6-4-10(15-12)19-8-3-5-13-9(7-8)11(17)18/h3-7H,1-2H3,(H,17,18). The van der Waals surface area contributed by atoms with Crippen molar-refractivity contribution in [3.8, 4) is 0 Å². The van der Waals surface area contributed by atoms with Crippen molar-refractivity contribution in [1.29, 1.82) is 0 Å². The van der Waals surface area contributed by atoms with Crippen LogP contribution in [0.4, 0.5) is 5.95 Å². The Bertz CT molecular complexity index is 604. The van der Waals surface area contributed by atoms with Crippen LogP contribution in [0, 0.1) is 0 Å². The number of rotatable bonds is 4. The van der Waals surface area contributed by atoms with E-state index in [0.717, 1.165) is 9.92 Å². The van der Waals surface area contributed by atoms with Gasteiger partial charge in [-0.3, -0.25) is 0 Å². The van der Waals surface area contributed by atoms with E-state index >= 15 is 0 Å². The predicted octanol–water partition coefficient (Wildman–Crippen LogP) is 1.79. The summed E-state index contributed by atoms with van der Waals surface area (Å²) in [5.41, 5.74) is 0.0203. The zero-order valence-electron chi connectivity index (χ0n) is 10.4. The van der Waals surface area contributed by atoms with Crippen molar-refractivity contribution in [2.24, 2.45) is 0 Å². The van der Waals surface area contributed by atoms with Gasteiger partial charge in [-0.25, -0.2) is 19.7 Å². The molecule has 0 atom stereocenters. The lowest BCUT2D eigenvalue weighted by atomic mass is 10.3. The Labute approximate surface area is 114 Å². The van der Waals surface area contributed by atoms with E-state index in [1.165, 1.54) is 24.0 Å². The van der Waals surface area contributed by atoms with Gasteiger partial charge in [0, 0.05) is 31.4 Å². The zero-order valence-corrected chi connectivity index (χ0v) is 11.3. The van der Waals surface area contributed by atoms with E-state index in [1.807, 2.05) is 14.1 Å². The maximum absolute atomic E-state index is 10.8. The molecule has 7 heteroatoms. The van der Waals surface area contributed by atoms with Gasteiger partial charge in [0.05, 0.1) is 0 Å². The van der Waals surface area contributed by atoms with Gasteiger partial charge < -0.3 is 10.0 Å². The fourth-order valence-electron chi connectivity index (χ4n) is 1.32. The summed E-state index contributed by atoms with van der Waals surface area (Å²) in [6.07, 6.45) is 3.14. The molecule has 0 saturated heterocycles. The second kappa shape index (κ2) is 5.66. The third-order valence-electron chi connectivity index (χ3n) is 2.19. The highest BCUT2D eigenvalue weighted by Gasteiger charge is 2.07. The van der Waals surface area contributed by atoms with E-state index in [1.54, 1.807) is 23.2 Å². The number of pyridine rings is 1. The number of aromatic carboxylic acids is 1. The van der Waals surface area contributed by atoms with Crippen LogP contribution in [0.5, 0.6) is 0 Å². The summed E-state index contributed by atoms with van der Waals surface area (Å²) in [5, 5.41) is 9.64. The molecule has 0 fully saturated rings. The van der Waals surface area contributed by atoms with Crippen LogP contribution in [0.3, 0.4) is 0 Å². The maximum atomic E-state index is 10.8. The second-order valence-corrected chi connectivity index (χ2v) is 4.97. The minimum Gasteiger partial charge on any atom is -0.477 e. The van der Waals surface area contributed by atoms with Crippen molar-refractivity contribution < 1.29 is 9.90 Å². The Balaban J connectivity index is 2.23. The normalized spacial score (nSPS) is 10.2. The number of aromatic nitrogens is 3. The number of hydrogen-bond acceptors (Lipinski definition) is 6. The van der Waals surface area contributed by atoms with E-state index in [-0.39, 0.29) is 5.69 Å². The lowest BCUT2D eigenvalue weighted by molar-refractivity contribution is 0.0690. The molecule has 0 unspecified atom stereocenters. The van der Waals surface area contributed by atoms with E-state index in [4.69, 9.17) is 5.11 Å². The topological polar surface area (TPSA) is 79.2 Å². The van der Waals surface area contributed by atoms with E-state index in [9.17, 15) is 4.79 Å². The number of hydrogen-bond donors (Lipinski definition) is 1. The maximum Gasteiger partial charge on any atom is 0.354 e. The van der Waals surface area contributed by atoms with Gasteiger partial charge in [-0.15, -0.1) is 0 Å². The van der Waals surface area contributed by atoms with E-state index in [2.05, 4.69) is 15.0 Å². The first-order valence-corrected chi connectivity index (χ1v) is 6.25. The van der Waals surface area contributed by atoms with Gasteiger partial charge >= 0.3 is 5.97 Å². The number of carboxylic acids is 1. The summed E-state index contributed by atoms with van der Waals surface area (Å²) in [4.78, 5) is 25.7. The molecule has 2 aromatic rings.